The standard InChI is InChI=1S/C18H26N4O3/c1-14(23)20-7-9-21(10-8-20)16-12-22(13-17(16)24)18(25)5-4-15-3-2-6-19-11-15/h2-3,6,11,16-17,24H,4-5,7-10,12-13H2,1H3/t16-,17-/m1/s1. The van der Waals surface area contributed by atoms with Crippen LogP contribution in [0.4, 0.5) is 0 Å². The Morgan fingerprint density at radius 1 is 1.20 bits per heavy atom. The van der Waals surface area contributed by atoms with E-state index in [1.165, 1.54) is 0 Å². The molecule has 0 saturated carbocycles. The molecule has 0 aliphatic carbocycles. The number of carbonyl (C=O) groups excluding carboxylic acids is 2. The van der Waals surface area contributed by atoms with E-state index < -0.39 is 6.10 Å². The molecule has 1 N–H and O–H groups in total. The van der Waals surface area contributed by atoms with Gasteiger partial charge in [0.2, 0.25) is 11.8 Å². The molecule has 2 amide bonds. The third kappa shape index (κ3) is 4.35. The van der Waals surface area contributed by atoms with E-state index in [2.05, 4.69) is 9.88 Å². The summed E-state index contributed by atoms with van der Waals surface area (Å²) in [4.78, 5) is 33.7. The zero-order valence-corrected chi connectivity index (χ0v) is 14.7. The Kier molecular flexibility index (Phi) is 5.65. The van der Waals surface area contributed by atoms with Crippen LogP contribution < -0.4 is 0 Å². The van der Waals surface area contributed by atoms with Gasteiger partial charge in [0.1, 0.15) is 0 Å². The van der Waals surface area contributed by atoms with E-state index in [-0.39, 0.29) is 17.9 Å². The number of β-amino-alcohol motifs (C(OH)–C–C–N with tert-alkyl or cyclic N) is 1. The first-order valence-electron chi connectivity index (χ1n) is 8.89. The van der Waals surface area contributed by atoms with Crippen molar-refractivity contribution in [1.82, 2.24) is 19.7 Å². The lowest BCUT2D eigenvalue weighted by molar-refractivity contribution is -0.131. The number of carbonyl (C=O) groups is 2. The van der Waals surface area contributed by atoms with E-state index in [4.69, 9.17) is 0 Å². The number of likely N-dealkylation sites (tertiary alicyclic amines) is 1. The van der Waals surface area contributed by atoms with Crippen molar-refractivity contribution in [3.63, 3.8) is 0 Å². The SMILES string of the molecule is CC(=O)N1CCN([C@@H]2CN(C(=O)CCc3cccnc3)C[C@H]2O)CC1. The van der Waals surface area contributed by atoms with Crippen molar-refractivity contribution in [2.45, 2.75) is 31.9 Å². The minimum Gasteiger partial charge on any atom is -0.390 e. The fourth-order valence-electron chi connectivity index (χ4n) is 3.66. The molecule has 2 atom stereocenters. The van der Waals surface area contributed by atoms with Gasteiger partial charge < -0.3 is 14.9 Å². The van der Waals surface area contributed by atoms with Crippen LogP contribution in [0.2, 0.25) is 0 Å². The quantitative estimate of drug-likeness (QED) is 0.814. The molecular formula is C18H26N4O3. The first kappa shape index (κ1) is 17.8. The van der Waals surface area contributed by atoms with E-state index in [1.54, 1.807) is 24.2 Å². The van der Waals surface area contributed by atoms with Gasteiger partial charge in [0.15, 0.2) is 0 Å². The average molecular weight is 346 g/mol. The largest absolute Gasteiger partial charge is 0.390 e. The molecule has 2 saturated heterocycles. The Labute approximate surface area is 148 Å². The highest BCUT2D eigenvalue weighted by molar-refractivity contribution is 5.77. The molecule has 1 aromatic heterocycles. The van der Waals surface area contributed by atoms with Crippen LogP contribution >= 0.6 is 0 Å². The molecule has 136 valence electrons. The second-order valence-electron chi connectivity index (χ2n) is 6.84. The molecule has 0 aromatic carbocycles. The van der Waals surface area contributed by atoms with Crippen molar-refractivity contribution < 1.29 is 14.7 Å². The van der Waals surface area contributed by atoms with Gasteiger partial charge in [0.25, 0.3) is 0 Å². The molecule has 7 heteroatoms. The molecule has 0 spiro atoms. The fraction of sp³-hybridized carbons (Fsp3) is 0.611. The van der Waals surface area contributed by atoms with Gasteiger partial charge in [-0.25, -0.2) is 0 Å². The van der Waals surface area contributed by atoms with Gasteiger partial charge in [-0.2, -0.15) is 0 Å². The number of pyridine rings is 1. The Bertz CT molecular complexity index is 602. The highest BCUT2D eigenvalue weighted by Crippen LogP contribution is 2.19. The highest BCUT2D eigenvalue weighted by atomic mass is 16.3. The lowest BCUT2D eigenvalue weighted by atomic mass is 10.1. The molecule has 0 bridgehead atoms. The second-order valence-corrected chi connectivity index (χ2v) is 6.84. The van der Waals surface area contributed by atoms with Gasteiger partial charge in [0, 0.05) is 65.0 Å². The Balaban J connectivity index is 1.49. The molecule has 0 radical (unpaired) electrons. The smallest absolute Gasteiger partial charge is 0.223 e. The molecule has 2 aliphatic heterocycles. The lowest BCUT2D eigenvalue weighted by Crippen LogP contribution is -2.54. The minimum absolute atomic E-state index is 0.0311. The molecular weight excluding hydrogens is 320 g/mol. The Hall–Kier alpha value is -1.99. The summed E-state index contributed by atoms with van der Waals surface area (Å²) in [6.45, 7) is 5.42. The van der Waals surface area contributed by atoms with Crippen molar-refractivity contribution in [2.75, 3.05) is 39.3 Å². The van der Waals surface area contributed by atoms with Crippen LogP contribution in [0.25, 0.3) is 0 Å². The van der Waals surface area contributed by atoms with Crippen molar-refractivity contribution >= 4 is 11.8 Å². The first-order chi connectivity index (χ1) is 12.0. The monoisotopic (exact) mass is 346 g/mol. The summed E-state index contributed by atoms with van der Waals surface area (Å²) in [6, 6.07) is 3.81. The molecule has 25 heavy (non-hydrogen) atoms. The number of aryl methyl sites for hydroxylation is 1. The lowest BCUT2D eigenvalue weighted by Gasteiger charge is -2.38. The van der Waals surface area contributed by atoms with E-state index >= 15 is 0 Å². The minimum atomic E-state index is -0.522. The Morgan fingerprint density at radius 2 is 1.96 bits per heavy atom. The van der Waals surface area contributed by atoms with Crippen LogP contribution in [0, 0.1) is 0 Å². The second kappa shape index (κ2) is 7.93. The summed E-state index contributed by atoms with van der Waals surface area (Å²) < 4.78 is 0. The number of rotatable bonds is 4. The summed E-state index contributed by atoms with van der Waals surface area (Å²) in [5, 5.41) is 10.4. The molecule has 7 nitrogen and oxygen atoms in total. The van der Waals surface area contributed by atoms with Gasteiger partial charge in [0.05, 0.1) is 12.1 Å². The molecule has 0 unspecified atom stereocenters. The topological polar surface area (TPSA) is 77.0 Å². The molecule has 2 fully saturated rings. The van der Waals surface area contributed by atoms with Gasteiger partial charge in [-0.3, -0.25) is 19.5 Å². The molecule has 3 heterocycles. The van der Waals surface area contributed by atoms with Crippen LogP contribution in [0.5, 0.6) is 0 Å². The van der Waals surface area contributed by atoms with Crippen LogP contribution in [0.3, 0.4) is 0 Å². The molecule has 1 aromatic rings. The summed E-state index contributed by atoms with van der Waals surface area (Å²) in [6.07, 6.45) is 4.08. The number of aliphatic hydroxyl groups excluding tert-OH is 1. The van der Waals surface area contributed by atoms with Gasteiger partial charge >= 0.3 is 0 Å². The zero-order valence-electron chi connectivity index (χ0n) is 14.7. The third-order valence-electron chi connectivity index (χ3n) is 5.19. The highest BCUT2D eigenvalue weighted by Gasteiger charge is 2.38. The number of hydrogen-bond acceptors (Lipinski definition) is 5. The van der Waals surface area contributed by atoms with Crippen molar-refractivity contribution in [3.05, 3.63) is 30.1 Å². The van der Waals surface area contributed by atoms with Crippen molar-refractivity contribution in [3.8, 4) is 0 Å². The van der Waals surface area contributed by atoms with Crippen LogP contribution in [0.15, 0.2) is 24.5 Å². The molecule has 2 aliphatic rings. The average Bonchev–Trinajstić information content (AvgIpc) is 3.02. The summed E-state index contributed by atoms with van der Waals surface area (Å²) in [5.41, 5.74) is 1.05. The number of nitrogens with zero attached hydrogens (tertiary/aromatic N) is 4. The normalized spacial score (nSPS) is 24.6. The van der Waals surface area contributed by atoms with E-state index in [1.807, 2.05) is 17.0 Å². The maximum Gasteiger partial charge on any atom is 0.223 e. The predicted octanol–water partition coefficient (Wildman–Crippen LogP) is -0.250. The van der Waals surface area contributed by atoms with Crippen LogP contribution in [-0.2, 0) is 16.0 Å². The van der Waals surface area contributed by atoms with E-state index in [0.717, 1.165) is 18.7 Å². The number of hydrogen-bond donors (Lipinski definition) is 1. The van der Waals surface area contributed by atoms with E-state index in [9.17, 15) is 14.7 Å². The summed E-state index contributed by atoms with van der Waals surface area (Å²) in [5.74, 6) is 0.173. The van der Waals surface area contributed by atoms with Gasteiger partial charge in [-0.1, -0.05) is 6.07 Å². The number of piperazine rings is 1. The van der Waals surface area contributed by atoms with E-state index in [0.29, 0.717) is 39.0 Å². The zero-order chi connectivity index (χ0) is 17.8. The maximum atomic E-state index is 12.5. The maximum absolute atomic E-state index is 12.5. The first-order valence-corrected chi connectivity index (χ1v) is 8.89. The van der Waals surface area contributed by atoms with Gasteiger partial charge in [-0.05, 0) is 18.1 Å². The number of aromatic nitrogens is 1. The summed E-state index contributed by atoms with van der Waals surface area (Å²) >= 11 is 0. The summed E-state index contributed by atoms with van der Waals surface area (Å²) in [7, 11) is 0. The number of aliphatic hydroxyl groups is 1. The van der Waals surface area contributed by atoms with Crippen LogP contribution in [0.1, 0.15) is 18.9 Å². The fourth-order valence-corrected chi connectivity index (χ4v) is 3.66. The Morgan fingerprint density at radius 3 is 2.60 bits per heavy atom. The van der Waals surface area contributed by atoms with Gasteiger partial charge in [-0.15, -0.1) is 0 Å². The molecule has 3 rings (SSSR count). The predicted molar refractivity (Wildman–Crippen MR) is 92.8 cm³/mol. The third-order valence-corrected chi connectivity index (χ3v) is 5.19. The van der Waals surface area contributed by atoms with Crippen molar-refractivity contribution in [1.29, 1.82) is 0 Å². The number of amides is 2. The van der Waals surface area contributed by atoms with Crippen molar-refractivity contribution in [2.24, 2.45) is 0 Å². The van der Waals surface area contributed by atoms with Crippen LogP contribution in [-0.4, -0.2) is 88.0 Å².